The van der Waals surface area contributed by atoms with Gasteiger partial charge in [0.1, 0.15) is 0 Å². The van der Waals surface area contributed by atoms with Gasteiger partial charge in [0.2, 0.25) is 0 Å². The van der Waals surface area contributed by atoms with Crippen molar-refractivity contribution in [3.05, 3.63) is 35.4 Å². The molecule has 0 atom stereocenters. The zero-order chi connectivity index (χ0) is 12.1. The van der Waals surface area contributed by atoms with Gasteiger partial charge in [-0.15, -0.1) is 11.8 Å². The number of nitrogens with two attached hydrogens (primary N) is 1. The standard InChI is InChI=1S/C12H15NO2S/c1-8(6-12(14)15)7-16-11-5-3-4-10(13)9(11)2/h3-6H,7,13H2,1-2H3,(H,14,15). The predicted molar refractivity (Wildman–Crippen MR) is 67.7 cm³/mol. The molecule has 0 aliphatic rings. The van der Waals surface area contributed by atoms with Crippen molar-refractivity contribution >= 4 is 23.4 Å². The number of carboxylic acids is 1. The maximum atomic E-state index is 10.4. The summed E-state index contributed by atoms with van der Waals surface area (Å²) in [4.78, 5) is 11.5. The molecule has 0 aliphatic carbocycles. The molecule has 0 heterocycles. The maximum absolute atomic E-state index is 10.4. The number of nitrogen functional groups attached to an aromatic ring is 1. The van der Waals surface area contributed by atoms with Gasteiger partial charge in [-0.25, -0.2) is 4.79 Å². The first-order valence-electron chi connectivity index (χ1n) is 4.88. The first kappa shape index (κ1) is 12.6. The number of carboxylic acid groups (broad SMARTS) is 1. The smallest absolute Gasteiger partial charge is 0.328 e. The van der Waals surface area contributed by atoms with Crippen molar-refractivity contribution in [2.45, 2.75) is 18.7 Å². The second-order valence-electron chi connectivity index (χ2n) is 3.59. The molecule has 0 unspecified atom stereocenters. The lowest BCUT2D eigenvalue weighted by Crippen LogP contribution is -1.94. The minimum Gasteiger partial charge on any atom is -0.478 e. The first-order chi connectivity index (χ1) is 7.50. The number of anilines is 1. The highest BCUT2D eigenvalue weighted by Crippen LogP contribution is 2.27. The van der Waals surface area contributed by atoms with Gasteiger partial charge in [0.25, 0.3) is 0 Å². The molecule has 0 saturated carbocycles. The van der Waals surface area contributed by atoms with E-state index in [0.29, 0.717) is 5.75 Å². The van der Waals surface area contributed by atoms with Gasteiger partial charge >= 0.3 is 5.97 Å². The highest BCUT2D eigenvalue weighted by molar-refractivity contribution is 7.99. The Kier molecular flexibility index (Phi) is 4.43. The maximum Gasteiger partial charge on any atom is 0.328 e. The Balaban J connectivity index is 2.68. The fraction of sp³-hybridized carbons (Fsp3) is 0.250. The number of benzene rings is 1. The quantitative estimate of drug-likeness (QED) is 0.480. The zero-order valence-corrected chi connectivity index (χ0v) is 10.2. The lowest BCUT2D eigenvalue weighted by atomic mass is 10.2. The van der Waals surface area contributed by atoms with Gasteiger partial charge < -0.3 is 10.8 Å². The van der Waals surface area contributed by atoms with Gasteiger partial charge in [0, 0.05) is 22.4 Å². The monoisotopic (exact) mass is 237 g/mol. The van der Waals surface area contributed by atoms with E-state index in [1.807, 2.05) is 32.0 Å². The van der Waals surface area contributed by atoms with Crippen LogP contribution in [0.1, 0.15) is 12.5 Å². The molecular weight excluding hydrogens is 222 g/mol. The van der Waals surface area contributed by atoms with Crippen LogP contribution in [-0.2, 0) is 4.79 Å². The van der Waals surface area contributed by atoms with Gasteiger partial charge in [-0.1, -0.05) is 11.6 Å². The molecule has 0 saturated heterocycles. The van der Waals surface area contributed by atoms with Crippen molar-refractivity contribution in [1.29, 1.82) is 0 Å². The minimum absolute atomic E-state index is 0.663. The van der Waals surface area contributed by atoms with Crippen LogP contribution >= 0.6 is 11.8 Å². The molecular formula is C12H15NO2S. The molecule has 86 valence electrons. The lowest BCUT2D eigenvalue weighted by Gasteiger charge is -2.07. The van der Waals surface area contributed by atoms with Crippen molar-refractivity contribution < 1.29 is 9.90 Å². The summed E-state index contributed by atoms with van der Waals surface area (Å²) < 4.78 is 0. The van der Waals surface area contributed by atoms with Gasteiger partial charge in [-0.2, -0.15) is 0 Å². The van der Waals surface area contributed by atoms with Crippen molar-refractivity contribution in [3.63, 3.8) is 0 Å². The summed E-state index contributed by atoms with van der Waals surface area (Å²) in [7, 11) is 0. The zero-order valence-electron chi connectivity index (χ0n) is 9.36. The van der Waals surface area contributed by atoms with Gasteiger partial charge in [0.05, 0.1) is 0 Å². The van der Waals surface area contributed by atoms with Crippen LogP contribution in [0, 0.1) is 6.92 Å². The summed E-state index contributed by atoms with van der Waals surface area (Å²) in [6.45, 7) is 3.77. The summed E-state index contributed by atoms with van der Waals surface area (Å²) in [6.07, 6.45) is 1.23. The highest BCUT2D eigenvalue weighted by Gasteiger charge is 2.02. The third-order valence-electron chi connectivity index (χ3n) is 2.15. The van der Waals surface area contributed by atoms with Gasteiger partial charge in [-0.05, 0) is 31.5 Å². The summed E-state index contributed by atoms with van der Waals surface area (Å²) in [5, 5.41) is 8.57. The number of thioether (sulfide) groups is 1. The Bertz CT molecular complexity index is 427. The average molecular weight is 237 g/mol. The van der Waals surface area contributed by atoms with E-state index < -0.39 is 5.97 Å². The van der Waals surface area contributed by atoms with Crippen LogP contribution in [0.4, 0.5) is 5.69 Å². The van der Waals surface area contributed by atoms with Crippen LogP contribution in [0.2, 0.25) is 0 Å². The third-order valence-corrected chi connectivity index (χ3v) is 3.50. The molecule has 0 aromatic heterocycles. The van der Waals surface area contributed by atoms with E-state index in [4.69, 9.17) is 10.8 Å². The van der Waals surface area contributed by atoms with E-state index in [1.54, 1.807) is 11.8 Å². The SMILES string of the molecule is CC(=CC(=O)O)CSc1cccc(N)c1C. The number of hydrogen-bond acceptors (Lipinski definition) is 3. The van der Waals surface area contributed by atoms with Crippen LogP contribution in [0.3, 0.4) is 0 Å². The molecule has 1 rings (SSSR count). The molecule has 4 heteroatoms. The van der Waals surface area contributed by atoms with Crippen LogP contribution in [0.15, 0.2) is 34.7 Å². The second-order valence-corrected chi connectivity index (χ2v) is 4.61. The minimum atomic E-state index is -0.901. The number of aliphatic carboxylic acids is 1. The molecule has 0 fully saturated rings. The third kappa shape index (κ3) is 3.62. The van der Waals surface area contributed by atoms with Crippen LogP contribution in [-0.4, -0.2) is 16.8 Å². The summed E-state index contributed by atoms with van der Waals surface area (Å²) >= 11 is 1.60. The number of rotatable bonds is 4. The molecule has 0 aliphatic heterocycles. The Labute approximate surface area is 99.4 Å². The van der Waals surface area contributed by atoms with Crippen LogP contribution < -0.4 is 5.73 Å². The van der Waals surface area contributed by atoms with Gasteiger partial charge in [-0.3, -0.25) is 0 Å². The second kappa shape index (κ2) is 5.61. The Morgan fingerprint density at radius 3 is 2.88 bits per heavy atom. The van der Waals surface area contributed by atoms with Crippen LogP contribution in [0.5, 0.6) is 0 Å². The van der Waals surface area contributed by atoms with E-state index in [0.717, 1.165) is 21.7 Å². The molecule has 16 heavy (non-hydrogen) atoms. The fourth-order valence-electron chi connectivity index (χ4n) is 1.23. The van der Waals surface area contributed by atoms with Crippen LogP contribution in [0.25, 0.3) is 0 Å². The topological polar surface area (TPSA) is 63.3 Å². The predicted octanol–water partition coefficient (Wildman–Crippen LogP) is 2.70. The van der Waals surface area contributed by atoms with Crippen molar-refractivity contribution in [3.8, 4) is 0 Å². The summed E-state index contributed by atoms with van der Waals surface area (Å²) in [5.41, 5.74) is 8.44. The van der Waals surface area contributed by atoms with E-state index in [-0.39, 0.29) is 0 Å². The molecule has 1 aromatic rings. The summed E-state index contributed by atoms with van der Waals surface area (Å²) in [5.74, 6) is -0.237. The van der Waals surface area contributed by atoms with Crippen molar-refractivity contribution in [1.82, 2.24) is 0 Å². The molecule has 0 bridgehead atoms. The Morgan fingerprint density at radius 1 is 1.56 bits per heavy atom. The molecule has 0 amide bonds. The number of hydrogen-bond donors (Lipinski definition) is 2. The van der Waals surface area contributed by atoms with E-state index in [9.17, 15) is 4.79 Å². The molecule has 1 aromatic carbocycles. The van der Waals surface area contributed by atoms with Crippen molar-refractivity contribution in [2.75, 3.05) is 11.5 Å². The molecule has 0 spiro atoms. The lowest BCUT2D eigenvalue weighted by molar-refractivity contribution is -0.131. The average Bonchev–Trinajstić information content (AvgIpc) is 2.19. The molecule has 0 radical (unpaired) electrons. The van der Waals surface area contributed by atoms with E-state index >= 15 is 0 Å². The molecule has 3 N–H and O–H groups in total. The Hall–Kier alpha value is -1.42. The normalized spacial score (nSPS) is 11.5. The highest BCUT2D eigenvalue weighted by atomic mass is 32.2. The summed E-state index contributed by atoms with van der Waals surface area (Å²) in [6, 6.07) is 5.75. The first-order valence-corrected chi connectivity index (χ1v) is 5.87. The number of carbonyl (C=O) groups is 1. The molecule has 3 nitrogen and oxygen atoms in total. The van der Waals surface area contributed by atoms with E-state index in [2.05, 4.69) is 0 Å². The van der Waals surface area contributed by atoms with Gasteiger partial charge in [0.15, 0.2) is 0 Å². The van der Waals surface area contributed by atoms with Crippen molar-refractivity contribution in [2.24, 2.45) is 0 Å². The largest absolute Gasteiger partial charge is 0.478 e. The van der Waals surface area contributed by atoms with E-state index in [1.165, 1.54) is 6.08 Å². The Morgan fingerprint density at radius 2 is 2.25 bits per heavy atom. The fourth-order valence-corrected chi connectivity index (χ4v) is 2.21.